The summed E-state index contributed by atoms with van der Waals surface area (Å²) in [6, 6.07) is 15.2. The highest BCUT2D eigenvalue weighted by Gasteiger charge is 2.44. The molecule has 0 saturated carbocycles. The molecule has 0 aliphatic carbocycles. The number of amides is 3. The van der Waals surface area contributed by atoms with Gasteiger partial charge in [-0.15, -0.1) is 0 Å². The van der Waals surface area contributed by atoms with Gasteiger partial charge in [0.25, 0.3) is 0 Å². The predicted molar refractivity (Wildman–Crippen MR) is 125 cm³/mol. The van der Waals surface area contributed by atoms with Crippen LogP contribution in [-0.4, -0.2) is 55.0 Å². The summed E-state index contributed by atoms with van der Waals surface area (Å²) in [5.41, 5.74) is 8.72. The molecule has 1 aliphatic rings. The SMILES string of the molecule is COc1ccc(CCN2C(=O)[C@H](CNC(N)=O)N(C)[C@H]2c2ccc(C(C)(C)C)cc2)cc1. The van der Waals surface area contributed by atoms with Crippen LogP contribution in [0.5, 0.6) is 5.75 Å². The summed E-state index contributed by atoms with van der Waals surface area (Å²) in [4.78, 5) is 28.5. The van der Waals surface area contributed by atoms with Gasteiger partial charge in [-0.3, -0.25) is 9.69 Å². The van der Waals surface area contributed by atoms with E-state index >= 15 is 0 Å². The third kappa shape index (κ3) is 5.22. The summed E-state index contributed by atoms with van der Waals surface area (Å²) in [5, 5.41) is 2.59. The number of carbonyl (C=O) groups excluding carboxylic acids is 2. The number of hydrogen-bond donors (Lipinski definition) is 2. The number of nitrogens with two attached hydrogens (primary N) is 1. The second-order valence-electron chi connectivity index (χ2n) is 9.30. The van der Waals surface area contributed by atoms with Crippen LogP contribution in [0.25, 0.3) is 0 Å². The van der Waals surface area contributed by atoms with Crippen LogP contribution in [0.2, 0.25) is 0 Å². The standard InChI is InChI=1S/C25H34N4O3/c1-25(2,3)19-10-8-18(9-11-19)22-28(4)21(16-27-24(26)31)23(30)29(22)15-14-17-6-12-20(32-5)13-7-17/h6-13,21-22H,14-16H2,1-5H3,(H3,26,27,31)/t21-,22+/m0/s1. The van der Waals surface area contributed by atoms with Gasteiger partial charge >= 0.3 is 6.03 Å². The normalized spacial score (nSPS) is 19.3. The molecule has 7 heteroatoms. The molecule has 1 fully saturated rings. The minimum atomic E-state index is -0.631. The molecule has 0 radical (unpaired) electrons. The fourth-order valence-electron chi connectivity index (χ4n) is 4.15. The molecule has 172 valence electrons. The fourth-order valence-corrected chi connectivity index (χ4v) is 4.15. The van der Waals surface area contributed by atoms with Crippen molar-refractivity contribution < 1.29 is 14.3 Å². The lowest BCUT2D eigenvalue weighted by atomic mass is 9.86. The van der Waals surface area contributed by atoms with Crippen LogP contribution in [0.4, 0.5) is 4.79 Å². The minimum absolute atomic E-state index is 0.0142. The number of likely N-dealkylation sites (N-methyl/N-ethyl adjacent to an activating group) is 1. The Morgan fingerprint density at radius 3 is 2.25 bits per heavy atom. The summed E-state index contributed by atoms with van der Waals surface area (Å²) in [7, 11) is 3.56. The number of ether oxygens (including phenoxy) is 1. The van der Waals surface area contributed by atoms with Crippen molar-refractivity contribution in [1.29, 1.82) is 0 Å². The zero-order chi connectivity index (χ0) is 23.5. The van der Waals surface area contributed by atoms with Gasteiger partial charge in [0.2, 0.25) is 5.91 Å². The molecule has 32 heavy (non-hydrogen) atoms. The number of benzene rings is 2. The van der Waals surface area contributed by atoms with Crippen LogP contribution >= 0.6 is 0 Å². The first-order valence-corrected chi connectivity index (χ1v) is 10.9. The third-order valence-corrected chi connectivity index (χ3v) is 6.09. The summed E-state index contributed by atoms with van der Waals surface area (Å²) in [6.45, 7) is 7.29. The number of primary amides is 1. The van der Waals surface area contributed by atoms with Crippen molar-refractivity contribution in [2.24, 2.45) is 5.73 Å². The zero-order valence-corrected chi connectivity index (χ0v) is 19.6. The van der Waals surface area contributed by atoms with Crippen LogP contribution < -0.4 is 15.8 Å². The van der Waals surface area contributed by atoms with E-state index in [-0.39, 0.29) is 24.0 Å². The number of urea groups is 1. The monoisotopic (exact) mass is 438 g/mol. The number of methoxy groups -OCH3 is 1. The first-order chi connectivity index (χ1) is 15.1. The summed E-state index contributed by atoms with van der Waals surface area (Å²) in [5.74, 6) is 0.791. The first-order valence-electron chi connectivity index (χ1n) is 10.9. The van der Waals surface area contributed by atoms with E-state index in [1.165, 1.54) is 5.56 Å². The van der Waals surface area contributed by atoms with Crippen molar-refractivity contribution in [1.82, 2.24) is 15.1 Å². The highest BCUT2D eigenvalue weighted by molar-refractivity contribution is 5.85. The Morgan fingerprint density at radius 2 is 1.72 bits per heavy atom. The van der Waals surface area contributed by atoms with Crippen LogP contribution in [0.15, 0.2) is 48.5 Å². The second kappa shape index (κ2) is 9.61. The summed E-state index contributed by atoms with van der Waals surface area (Å²) < 4.78 is 5.23. The minimum Gasteiger partial charge on any atom is -0.497 e. The molecule has 2 aromatic carbocycles. The Balaban J connectivity index is 1.85. The Morgan fingerprint density at radius 1 is 1.09 bits per heavy atom. The predicted octanol–water partition coefficient (Wildman–Crippen LogP) is 3.04. The van der Waals surface area contributed by atoms with E-state index in [1.54, 1.807) is 7.11 Å². The molecule has 1 saturated heterocycles. The average molecular weight is 439 g/mol. The van der Waals surface area contributed by atoms with Crippen LogP contribution in [0.3, 0.4) is 0 Å². The van der Waals surface area contributed by atoms with Gasteiger partial charge in [0.05, 0.1) is 7.11 Å². The molecular formula is C25H34N4O3. The molecule has 0 spiro atoms. The molecule has 2 aromatic rings. The van der Waals surface area contributed by atoms with E-state index in [9.17, 15) is 9.59 Å². The molecule has 7 nitrogen and oxygen atoms in total. The van der Waals surface area contributed by atoms with Gasteiger partial charge in [-0.1, -0.05) is 57.2 Å². The van der Waals surface area contributed by atoms with Crippen molar-refractivity contribution in [2.75, 3.05) is 27.2 Å². The van der Waals surface area contributed by atoms with E-state index in [0.29, 0.717) is 6.54 Å². The topological polar surface area (TPSA) is 87.9 Å². The maximum atomic E-state index is 13.3. The van der Waals surface area contributed by atoms with Gasteiger partial charge in [0, 0.05) is 13.1 Å². The highest BCUT2D eigenvalue weighted by Crippen LogP contribution is 2.34. The third-order valence-electron chi connectivity index (χ3n) is 6.09. The van der Waals surface area contributed by atoms with Gasteiger partial charge in [0.15, 0.2) is 0 Å². The van der Waals surface area contributed by atoms with Crippen LogP contribution in [0.1, 0.15) is 43.6 Å². The highest BCUT2D eigenvalue weighted by atomic mass is 16.5. The lowest BCUT2D eigenvalue weighted by molar-refractivity contribution is -0.130. The summed E-state index contributed by atoms with van der Waals surface area (Å²) >= 11 is 0. The van der Waals surface area contributed by atoms with Crippen LogP contribution in [-0.2, 0) is 16.6 Å². The Bertz CT molecular complexity index is 935. The maximum absolute atomic E-state index is 13.3. The summed E-state index contributed by atoms with van der Waals surface area (Å²) in [6.07, 6.45) is 0.505. The number of nitrogens with one attached hydrogen (secondary N) is 1. The molecule has 1 heterocycles. The Labute approximate surface area is 190 Å². The van der Waals surface area contributed by atoms with Crippen molar-refractivity contribution in [3.63, 3.8) is 0 Å². The van der Waals surface area contributed by atoms with Gasteiger partial charge in [-0.05, 0) is 47.7 Å². The smallest absolute Gasteiger partial charge is 0.312 e. The number of nitrogens with zero attached hydrogens (tertiary/aromatic N) is 2. The Kier molecular flexibility index (Phi) is 7.09. The first kappa shape index (κ1) is 23.6. The van der Waals surface area contributed by atoms with Crippen molar-refractivity contribution in [3.05, 3.63) is 65.2 Å². The average Bonchev–Trinajstić information content (AvgIpc) is 2.99. The number of rotatable bonds is 7. The quantitative estimate of drug-likeness (QED) is 0.696. The Hall–Kier alpha value is -3.06. The maximum Gasteiger partial charge on any atom is 0.312 e. The molecule has 0 bridgehead atoms. The van der Waals surface area contributed by atoms with Crippen molar-refractivity contribution in [2.45, 2.75) is 44.8 Å². The molecule has 3 N–H and O–H groups in total. The van der Waals surface area contributed by atoms with Gasteiger partial charge in [-0.2, -0.15) is 0 Å². The van der Waals surface area contributed by atoms with Gasteiger partial charge in [-0.25, -0.2) is 4.79 Å². The molecule has 3 rings (SSSR count). The molecule has 1 aliphatic heterocycles. The van der Waals surface area contributed by atoms with E-state index in [0.717, 1.165) is 23.3 Å². The fraction of sp³-hybridized carbons (Fsp3) is 0.440. The largest absolute Gasteiger partial charge is 0.497 e. The van der Waals surface area contributed by atoms with Crippen molar-refractivity contribution in [3.8, 4) is 5.75 Å². The van der Waals surface area contributed by atoms with E-state index < -0.39 is 12.1 Å². The molecule has 0 aromatic heterocycles. The van der Waals surface area contributed by atoms with Gasteiger partial charge < -0.3 is 20.7 Å². The second-order valence-corrected chi connectivity index (χ2v) is 9.30. The molecule has 0 unspecified atom stereocenters. The number of hydrogen-bond acceptors (Lipinski definition) is 4. The molecule has 2 atom stereocenters. The molecular weight excluding hydrogens is 404 g/mol. The molecule has 3 amide bonds. The zero-order valence-electron chi connectivity index (χ0n) is 19.6. The van der Waals surface area contributed by atoms with Crippen molar-refractivity contribution >= 4 is 11.9 Å². The van der Waals surface area contributed by atoms with Gasteiger partial charge in [0.1, 0.15) is 18.0 Å². The number of carbonyl (C=O) groups is 2. The lowest BCUT2D eigenvalue weighted by Gasteiger charge is -2.30. The van der Waals surface area contributed by atoms with E-state index in [1.807, 2.05) is 41.1 Å². The lowest BCUT2D eigenvalue weighted by Crippen LogP contribution is -2.44. The van der Waals surface area contributed by atoms with E-state index in [2.05, 4.69) is 50.4 Å². The van der Waals surface area contributed by atoms with E-state index in [4.69, 9.17) is 10.5 Å². The van der Waals surface area contributed by atoms with Crippen LogP contribution in [0, 0.1) is 0 Å².